The maximum Gasteiger partial charge on any atom is 0.234 e. The lowest BCUT2D eigenvalue weighted by molar-refractivity contribution is -0.113. The average Bonchev–Trinajstić information content (AvgIpc) is 3.15. The summed E-state index contributed by atoms with van der Waals surface area (Å²) in [6, 6.07) is 21.1. The van der Waals surface area contributed by atoms with Crippen molar-refractivity contribution in [1.82, 2.24) is 9.97 Å². The number of anilines is 1. The fourth-order valence-corrected chi connectivity index (χ4v) is 4.35. The molecule has 4 nitrogen and oxygen atoms in total. The fraction of sp³-hybridized carbons (Fsp3) is 0.0455. The van der Waals surface area contributed by atoms with E-state index in [1.807, 2.05) is 66.7 Å². The van der Waals surface area contributed by atoms with Crippen LogP contribution in [0.15, 0.2) is 77.3 Å². The van der Waals surface area contributed by atoms with Crippen molar-refractivity contribution in [3.8, 4) is 11.8 Å². The lowest BCUT2D eigenvalue weighted by Gasteiger charge is -2.04. The second-order valence-electron chi connectivity index (χ2n) is 5.83. The predicted molar refractivity (Wildman–Crippen MR) is 116 cm³/mol. The summed E-state index contributed by atoms with van der Waals surface area (Å²) in [5.41, 5.74) is 3.23. The highest BCUT2D eigenvalue weighted by Gasteiger charge is 2.08. The Hall–Kier alpha value is -3.14. The normalized spacial score (nSPS) is 10.3. The zero-order valence-corrected chi connectivity index (χ0v) is 16.4. The molecule has 0 fully saturated rings. The summed E-state index contributed by atoms with van der Waals surface area (Å²) in [4.78, 5) is 21.0. The molecule has 0 aliphatic heterocycles. The topological polar surface area (TPSA) is 54.9 Å². The van der Waals surface area contributed by atoms with E-state index < -0.39 is 0 Å². The lowest BCUT2D eigenvalue weighted by atomic mass is 10.2. The molecule has 0 radical (unpaired) electrons. The highest BCUT2D eigenvalue weighted by molar-refractivity contribution is 8.01. The molecule has 1 N–H and O–H groups in total. The zero-order chi connectivity index (χ0) is 19.2. The first-order valence-corrected chi connectivity index (χ1v) is 10.4. The summed E-state index contributed by atoms with van der Waals surface area (Å²) < 4.78 is 2.02. The van der Waals surface area contributed by atoms with Crippen LogP contribution in [0.1, 0.15) is 11.3 Å². The molecule has 4 aromatic rings. The quantitative estimate of drug-likeness (QED) is 0.393. The molecule has 28 heavy (non-hydrogen) atoms. The molecule has 2 aromatic heterocycles. The number of aromatic nitrogens is 2. The van der Waals surface area contributed by atoms with Gasteiger partial charge in [0.15, 0.2) is 4.34 Å². The third-order valence-corrected chi connectivity index (χ3v) is 5.93. The van der Waals surface area contributed by atoms with Crippen molar-refractivity contribution < 1.29 is 4.79 Å². The average molecular weight is 402 g/mol. The van der Waals surface area contributed by atoms with Gasteiger partial charge < -0.3 is 5.32 Å². The van der Waals surface area contributed by atoms with Gasteiger partial charge in [0.2, 0.25) is 5.91 Å². The minimum atomic E-state index is -0.0703. The van der Waals surface area contributed by atoms with Crippen LogP contribution in [0.25, 0.3) is 10.2 Å². The number of benzene rings is 2. The van der Waals surface area contributed by atoms with Crippen LogP contribution in [-0.2, 0) is 4.79 Å². The van der Waals surface area contributed by atoms with E-state index in [-0.39, 0.29) is 5.91 Å². The van der Waals surface area contributed by atoms with Gasteiger partial charge in [-0.1, -0.05) is 41.9 Å². The molecule has 2 heterocycles. The fourth-order valence-electron chi connectivity index (χ4n) is 2.48. The number of hydrogen-bond donors (Lipinski definition) is 1. The molecule has 2 aromatic carbocycles. The molecule has 0 spiro atoms. The molecule has 6 heteroatoms. The van der Waals surface area contributed by atoms with E-state index in [1.165, 1.54) is 11.8 Å². The van der Waals surface area contributed by atoms with E-state index in [4.69, 9.17) is 0 Å². The van der Waals surface area contributed by atoms with Gasteiger partial charge in [0.1, 0.15) is 5.69 Å². The van der Waals surface area contributed by atoms with Crippen molar-refractivity contribution in [1.29, 1.82) is 0 Å². The third kappa shape index (κ3) is 4.77. The van der Waals surface area contributed by atoms with Crippen LogP contribution in [0.5, 0.6) is 0 Å². The van der Waals surface area contributed by atoms with Gasteiger partial charge in [0.25, 0.3) is 0 Å². The van der Waals surface area contributed by atoms with E-state index in [2.05, 4.69) is 27.1 Å². The van der Waals surface area contributed by atoms with Crippen LogP contribution in [0.4, 0.5) is 5.69 Å². The van der Waals surface area contributed by atoms with Gasteiger partial charge in [0, 0.05) is 17.4 Å². The molecule has 0 unspecified atom stereocenters. The van der Waals surface area contributed by atoms with Crippen molar-refractivity contribution in [2.75, 3.05) is 11.1 Å². The van der Waals surface area contributed by atoms with Crippen LogP contribution in [0, 0.1) is 11.8 Å². The Kier molecular flexibility index (Phi) is 5.66. The Bertz CT molecular complexity index is 1140. The number of nitrogens with one attached hydrogen (secondary N) is 1. The number of nitrogens with zero attached hydrogens (tertiary/aromatic N) is 2. The van der Waals surface area contributed by atoms with Crippen molar-refractivity contribution in [3.63, 3.8) is 0 Å². The van der Waals surface area contributed by atoms with Gasteiger partial charge in [-0.3, -0.25) is 4.79 Å². The van der Waals surface area contributed by atoms with Crippen molar-refractivity contribution in [3.05, 3.63) is 84.2 Å². The number of thiazole rings is 1. The minimum Gasteiger partial charge on any atom is -0.325 e. The van der Waals surface area contributed by atoms with Gasteiger partial charge in [-0.15, -0.1) is 11.3 Å². The van der Waals surface area contributed by atoms with E-state index >= 15 is 0 Å². The molecule has 0 atom stereocenters. The summed E-state index contributed by atoms with van der Waals surface area (Å²) in [5, 5.41) is 2.92. The van der Waals surface area contributed by atoms with Crippen molar-refractivity contribution in [2.45, 2.75) is 4.34 Å². The molecule has 0 aliphatic rings. The number of fused-ring (bicyclic) bond motifs is 1. The number of rotatable bonds is 4. The molecule has 136 valence electrons. The monoisotopic (exact) mass is 401 g/mol. The predicted octanol–water partition coefficient (Wildman–Crippen LogP) is 4.82. The van der Waals surface area contributed by atoms with Crippen LogP contribution in [-0.4, -0.2) is 21.6 Å². The molecular formula is C22H15N3OS2. The Morgan fingerprint density at radius 2 is 1.93 bits per heavy atom. The second-order valence-corrected chi connectivity index (χ2v) is 8.08. The number of para-hydroxylation sites is 1. The van der Waals surface area contributed by atoms with Gasteiger partial charge in [-0.25, -0.2) is 9.97 Å². The molecular weight excluding hydrogens is 386 g/mol. The molecule has 1 amide bonds. The number of pyridine rings is 1. The van der Waals surface area contributed by atoms with Crippen LogP contribution < -0.4 is 5.32 Å². The lowest BCUT2D eigenvalue weighted by Crippen LogP contribution is -2.13. The van der Waals surface area contributed by atoms with E-state index in [0.29, 0.717) is 11.4 Å². The van der Waals surface area contributed by atoms with Gasteiger partial charge in [0.05, 0.1) is 16.0 Å². The molecule has 0 bridgehead atoms. The largest absolute Gasteiger partial charge is 0.325 e. The standard InChI is InChI=1S/C22H15N3OS2/c26-21(15-27-22-25-19-9-1-2-10-20(19)28-22)24-18-8-5-6-16(14-18)11-12-17-7-3-4-13-23-17/h1-10,13-14H,15H2,(H,24,26). The first kappa shape index (κ1) is 18.2. The van der Waals surface area contributed by atoms with Gasteiger partial charge in [-0.2, -0.15) is 0 Å². The summed E-state index contributed by atoms with van der Waals surface area (Å²) in [6.07, 6.45) is 1.71. The van der Waals surface area contributed by atoms with Crippen molar-refractivity contribution >= 4 is 44.9 Å². The smallest absolute Gasteiger partial charge is 0.234 e. The summed E-state index contributed by atoms with van der Waals surface area (Å²) in [7, 11) is 0. The van der Waals surface area contributed by atoms with Crippen LogP contribution >= 0.6 is 23.1 Å². The molecule has 4 rings (SSSR count). The summed E-state index contributed by atoms with van der Waals surface area (Å²) in [5.74, 6) is 6.32. The molecule has 0 saturated carbocycles. The first-order valence-electron chi connectivity index (χ1n) is 8.58. The van der Waals surface area contributed by atoms with E-state index in [9.17, 15) is 4.79 Å². The number of amides is 1. The van der Waals surface area contributed by atoms with Crippen LogP contribution in [0.3, 0.4) is 0 Å². The van der Waals surface area contributed by atoms with Crippen LogP contribution in [0.2, 0.25) is 0 Å². The molecule has 0 saturated heterocycles. The Labute approximate surface area is 171 Å². The van der Waals surface area contributed by atoms with E-state index in [0.717, 1.165) is 25.8 Å². The number of carbonyl (C=O) groups is 1. The maximum absolute atomic E-state index is 12.3. The number of carbonyl (C=O) groups excluding carboxylic acids is 1. The van der Waals surface area contributed by atoms with Crippen molar-refractivity contribution in [2.24, 2.45) is 0 Å². The highest BCUT2D eigenvalue weighted by Crippen LogP contribution is 2.29. The third-order valence-electron chi connectivity index (χ3n) is 3.75. The summed E-state index contributed by atoms with van der Waals surface area (Å²) >= 11 is 3.04. The maximum atomic E-state index is 12.3. The van der Waals surface area contributed by atoms with Gasteiger partial charge >= 0.3 is 0 Å². The summed E-state index contributed by atoms with van der Waals surface area (Å²) in [6.45, 7) is 0. The number of hydrogen-bond acceptors (Lipinski definition) is 5. The molecule has 0 aliphatic carbocycles. The Morgan fingerprint density at radius 3 is 2.79 bits per heavy atom. The first-order chi connectivity index (χ1) is 13.8. The van der Waals surface area contributed by atoms with Gasteiger partial charge in [-0.05, 0) is 48.4 Å². The van der Waals surface area contributed by atoms with E-state index in [1.54, 1.807) is 17.5 Å². The Balaban J connectivity index is 1.37. The minimum absolute atomic E-state index is 0.0703. The number of thioether (sulfide) groups is 1. The Morgan fingerprint density at radius 1 is 1.04 bits per heavy atom. The second kappa shape index (κ2) is 8.70. The highest BCUT2D eigenvalue weighted by atomic mass is 32.2. The SMILES string of the molecule is O=C(CSc1nc2ccccc2s1)Nc1cccc(C#Cc2ccccn2)c1. The zero-order valence-electron chi connectivity index (χ0n) is 14.8.